The SMILES string of the molecule is CC.CC1CN(c2ccnc3c2CCN3)CCN1C(=O)OC(C)(C)C. The number of hydrogen-bond acceptors (Lipinski definition) is 5. The Balaban J connectivity index is 0.00000109. The molecule has 1 unspecified atom stereocenters. The van der Waals surface area contributed by atoms with Crippen LogP contribution < -0.4 is 10.2 Å². The number of pyridine rings is 1. The summed E-state index contributed by atoms with van der Waals surface area (Å²) in [7, 11) is 0. The zero-order chi connectivity index (χ0) is 18.6. The number of rotatable bonds is 1. The van der Waals surface area contributed by atoms with Gasteiger partial charge < -0.3 is 19.9 Å². The molecule has 0 spiro atoms. The summed E-state index contributed by atoms with van der Waals surface area (Å²) in [5.41, 5.74) is 2.09. The smallest absolute Gasteiger partial charge is 0.410 e. The summed E-state index contributed by atoms with van der Waals surface area (Å²) >= 11 is 0. The maximum absolute atomic E-state index is 12.3. The molecule has 0 aromatic carbocycles. The molecule has 0 saturated carbocycles. The molecule has 2 aliphatic rings. The number of nitrogens with one attached hydrogen (secondary N) is 1. The minimum absolute atomic E-state index is 0.122. The van der Waals surface area contributed by atoms with Gasteiger partial charge in [0.2, 0.25) is 0 Å². The van der Waals surface area contributed by atoms with Gasteiger partial charge in [-0.05, 0) is 40.2 Å². The third-order valence-corrected chi connectivity index (χ3v) is 4.29. The van der Waals surface area contributed by atoms with Crippen molar-refractivity contribution in [2.45, 2.75) is 59.6 Å². The van der Waals surface area contributed by atoms with Gasteiger partial charge in [-0.3, -0.25) is 0 Å². The molecule has 2 aliphatic heterocycles. The van der Waals surface area contributed by atoms with Crippen molar-refractivity contribution in [2.24, 2.45) is 0 Å². The molecule has 6 nitrogen and oxygen atoms in total. The van der Waals surface area contributed by atoms with Crippen molar-refractivity contribution in [1.82, 2.24) is 9.88 Å². The van der Waals surface area contributed by atoms with Crippen LogP contribution >= 0.6 is 0 Å². The van der Waals surface area contributed by atoms with Gasteiger partial charge in [0, 0.05) is 49.7 Å². The van der Waals surface area contributed by atoms with Gasteiger partial charge in [-0.2, -0.15) is 0 Å². The van der Waals surface area contributed by atoms with Gasteiger partial charge in [-0.1, -0.05) is 13.8 Å². The van der Waals surface area contributed by atoms with Crippen LogP contribution in [0.25, 0.3) is 0 Å². The molecule has 0 bridgehead atoms. The van der Waals surface area contributed by atoms with E-state index in [0.29, 0.717) is 6.54 Å². The molecule has 1 fully saturated rings. The van der Waals surface area contributed by atoms with Crippen LogP contribution in [0.3, 0.4) is 0 Å². The molecule has 0 radical (unpaired) electrons. The second-order valence-electron chi connectivity index (χ2n) is 7.30. The number of nitrogens with zero attached hydrogens (tertiary/aromatic N) is 3. The number of hydrogen-bond donors (Lipinski definition) is 1. The van der Waals surface area contributed by atoms with Gasteiger partial charge >= 0.3 is 6.09 Å². The number of carbonyl (C=O) groups is 1. The van der Waals surface area contributed by atoms with Crippen molar-refractivity contribution in [2.75, 3.05) is 36.4 Å². The molecule has 1 saturated heterocycles. The van der Waals surface area contributed by atoms with E-state index in [-0.39, 0.29) is 12.1 Å². The van der Waals surface area contributed by atoms with Crippen molar-refractivity contribution < 1.29 is 9.53 Å². The summed E-state index contributed by atoms with van der Waals surface area (Å²) < 4.78 is 5.51. The van der Waals surface area contributed by atoms with E-state index in [4.69, 9.17) is 4.74 Å². The first-order valence-corrected chi connectivity index (χ1v) is 9.31. The van der Waals surface area contributed by atoms with Crippen LogP contribution in [0.15, 0.2) is 12.3 Å². The predicted octanol–water partition coefficient (Wildman–Crippen LogP) is 3.52. The number of fused-ring (bicyclic) bond motifs is 1. The van der Waals surface area contributed by atoms with E-state index in [1.54, 1.807) is 0 Å². The van der Waals surface area contributed by atoms with E-state index in [0.717, 1.165) is 31.9 Å². The molecule has 1 atom stereocenters. The Bertz CT molecular complexity index is 598. The molecule has 1 N–H and O–H groups in total. The van der Waals surface area contributed by atoms with E-state index >= 15 is 0 Å². The zero-order valence-corrected chi connectivity index (χ0v) is 16.4. The Morgan fingerprint density at radius 3 is 2.68 bits per heavy atom. The third-order valence-electron chi connectivity index (χ3n) is 4.29. The lowest BCUT2D eigenvalue weighted by molar-refractivity contribution is 0.0159. The molecule has 1 aromatic rings. The minimum Gasteiger partial charge on any atom is -0.444 e. The molecule has 1 amide bonds. The summed E-state index contributed by atoms with van der Waals surface area (Å²) in [6.45, 7) is 15.1. The second-order valence-corrected chi connectivity index (χ2v) is 7.30. The van der Waals surface area contributed by atoms with Crippen LogP contribution in [0.2, 0.25) is 0 Å². The third kappa shape index (κ3) is 4.55. The van der Waals surface area contributed by atoms with Crippen LogP contribution in [0.1, 0.15) is 47.1 Å². The number of piperazine rings is 1. The van der Waals surface area contributed by atoms with Crippen molar-refractivity contribution in [1.29, 1.82) is 0 Å². The van der Waals surface area contributed by atoms with Crippen molar-refractivity contribution in [3.8, 4) is 0 Å². The molecule has 6 heteroatoms. The highest BCUT2D eigenvalue weighted by molar-refractivity contribution is 5.70. The number of ether oxygens (including phenoxy) is 1. The van der Waals surface area contributed by atoms with Crippen molar-refractivity contribution in [3.63, 3.8) is 0 Å². The van der Waals surface area contributed by atoms with Crippen molar-refractivity contribution >= 4 is 17.6 Å². The largest absolute Gasteiger partial charge is 0.444 e. The quantitative estimate of drug-likeness (QED) is 0.841. The Hall–Kier alpha value is -1.98. The van der Waals surface area contributed by atoms with Gasteiger partial charge in [0.15, 0.2) is 0 Å². The highest BCUT2D eigenvalue weighted by Crippen LogP contribution is 2.31. The zero-order valence-electron chi connectivity index (χ0n) is 16.4. The summed E-state index contributed by atoms with van der Waals surface area (Å²) in [4.78, 5) is 20.9. The fraction of sp³-hybridized carbons (Fsp3) is 0.684. The van der Waals surface area contributed by atoms with Gasteiger partial charge in [-0.25, -0.2) is 9.78 Å². The Kier molecular flexibility index (Phi) is 6.14. The maximum atomic E-state index is 12.3. The number of aromatic nitrogens is 1. The highest BCUT2D eigenvalue weighted by atomic mass is 16.6. The predicted molar refractivity (Wildman–Crippen MR) is 102 cm³/mol. The molecule has 0 aliphatic carbocycles. The number of amides is 1. The lowest BCUT2D eigenvalue weighted by Gasteiger charge is -2.41. The van der Waals surface area contributed by atoms with Gasteiger partial charge in [-0.15, -0.1) is 0 Å². The van der Waals surface area contributed by atoms with Crippen LogP contribution in [-0.4, -0.2) is 53.8 Å². The maximum Gasteiger partial charge on any atom is 0.410 e. The van der Waals surface area contributed by atoms with E-state index in [9.17, 15) is 4.79 Å². The summed E-state index contributed by atoms with van der Waals surface area (Å²) in [6.07, 6.45) is 2.66. The van der Waals surface area contributed by atoms with E-state index in [2.05, 4.69) is 28.2 Å². The van der Waals surface area contributed by atoms with Crippen LogP contribution in [0, 0.1) is 0 Å². The molecule has 3 rings (SSSR count). The Morgan fingerprint density at radius 2 is 2.04 bits per heavy atom. The van der Waals surface area contributed by atoms with Crippen LogP contribution in [0.5, 0.6) is 0 Å². The number of carbonyl (C=O) groups excluding carboxylic acids is 1. The van der Waals surface area contributed by atoms with Crippen molar-refractivity contribution in [3.05, 3.63) is 17.8 Å². The molecular formula is C19H32N4O2. The standard InChI is InChI=1S/C17H26N4O2.C2H6/c1-12-11-20(9-10-21(12)16(22)23-17(2,3)4)14-6-8-19-15-13(14)5-7-18-15;1-2/h6,8,12H,5,7,9-11H2,1-4H3,(H,18,19);1-2H3. The Morgan fingerprint density at radius 1 is 1.32 bits per heavy atom. The molecule has 3 heterocycles. The fourth-order valence-electron chi connectivity index (χ4n) is 3.25. The van der Waals surface area contributed by atoms with E-state index in [1.165, 1.54) is 11.3 Å². The van der Waals surface area contributed by atoms with E-state index < -0.39 is 5.60 Å². The summed E-state index contributed by atoms with van der Waals surface area (Å²) in [5.74, 6) is 1.00. The molecular weight excluding hydrogens is 316 g/mol. The Labute approximate surface area is 151 Å². The van der Waals surface area contributed by atoms with Gasteiger partial charge in [0.25, 0.3) is 0 Å². The van der Waals surface area contributed by atoms with Gasteiger partial charge in [0.05, 0.1) is 0 Å². The minimum atomic E-state index is -0.453. The molecule has 1 aromatic heterocycles. The topological polar surface area (TPSA) is 57.7 Å². The normalized spacial score (nSPS) is 19.5. The first kappa shape index (κ1) is 19.3. The fourth-order valence-corrected chi connectivity index (χ4v) is 3.25. The van der Waals surface area contributed by atoms with E-state index in [1.807, 2.05) is 45.7 Å². The summed E-state index contributed by atoms with van der Waals surface area (Å²) in [6, 6.07) is 2.21. The molecule has 25 heavy (non-hydrogen) atoms. The second kappa shape index (κ2) is 7.93. The first-order valence-electron chi connectivity index (χ1n) is 9.31. The van der Waals surface area contributed by atoms with Crippen LogP contribution in [0.4, 0.5) is 16.3 Å². The monoisotopic (exact) mass is 348 g/mol. The summed E-state index contributed by atoms with van der Waals surface area (Å²) in [5, 5.41) is 3.32. The first-order chi connectivity index (χ1) is 11.8. The average molecular weight is 348 g/mol. The number of anilines is 2. The van der Waals surface area contributed by atoms with Gasteiger partial charge in [0.1, 0.15) is 11.4 Å². The van der Waals surface area contributed by atoms with Crippen LogP contribution in [-0.2, 0) is 11.2 Å². The highest BCUT2D eigenvalue weighted by Gasteiger charge is 2.32. The lowest BCUT2D eigenvalue weighted by atomic mass is 10.1. The lowest BCUT2D eigenvalue weighted by Crippen LogP contribution is -2.55. The average Bonchev–Trinajstić information content (AvgIpc) is 3.03. The molecule has 140 valence electrons.